The summed E-state index contributed by atoms with van der Waals surface area (Å²) in [5.74, 6) is 0.123. The zero-order chi connectivity index (χ0) is 18.0. The van der Waals surface area contributed by atoms with Gasteiger partial charge in [0.2, 0.25) is 12.3 Å². The minimum absolute atomic E-state index is 0.123. The van der Waals surface area contributed by atoms with Crippen LogP contribution in [0.4, 0.5) is 0 Å². The number of ketones is 1. The number of aryl methyl sites for hydroxylation is 2. The van der Waals surface area contributed by atoms with E-state index in [9.17, 15) is 4.79 Å². The summed E-state index contributed by atoms with van der Waals surface area (Å²) in [5.41, 5.74) is 4.95. The Morgan fingerprint density at radius 3 is 2.52 bits per heavy atom. The fourth-order valence-corrected chi connectivity index (χ4v) is 3.30. The van der Waals surface area contributed by atoms with Crippen LogP contribution in [0.3, 0.4) is 0 Å². The molecule has 0 N–H and O–H groups in total. The van der Waals surface area contributed by atoms with Crippen LogP contribution in [0.2, 0.25) is 5.02 Å². The molecule has 25 heavy (non-hydrogen) atoms. The van der Waals surface area contributed by atoms with Crippen molar-refractivity contribution in [3.63, 3.8) is 0 Å². The van der Waals surface area contributed by atoms with Crippen LogP contribution in [-0.2, 0) is 13.1 Å². The quantitative estimate of drug-likeness (QED) is 0.496. The van der Waals surface area contributed by atoms with E-state index in [0.29, 0.717) is 13.1 Å². The summed E-state index contributed by atoms with van der Waals surface area (Å²) >= 11 is 6.29. The molecule has 0 aliphatic heterocycles. The van der Waals surface area contributed by atoms with Crippen LogP contribution < -0.4 is 4.57 Å². The minimum atomic E-state index is 0.123. The molecule has 1 aromatic carbocycles. The summed E-state index contributed by atoms with van der Waals surface area (Å²) in [4.78, 5) is 12.8. The molecule has 0 saturated carbocycles. The molecule has 2 aromatic heterocycles. The van der Waals surface area contributed by atoms with E-state index in [2.05, 4.69) is 4.57 Å². The Morgan fingerprint density at radius 2 is 1.80 bits per heavy atom. The highest BCUT2D eigenvalue weighted by molar-refractivity contribution is 6.31. The van der Waals surface area contributed by atoms with Crippen molar-refractivity contribution in [3.05, 3.63) is 88.0 Å². The molecule has 0 atom stereocenters. The summed E-state index contributed by atoms with van der Waals surface area (Å²) in [6.07, 6.45) is 1.94. The molecule has 4 heteroatoms. The van der Waals surface area contributed by atoms with Gasteiger partial charge in [-0.15, -0.1) is 0 Å². The van der Waals surface area contributed by atoms with Crippen LogP contribution in [0.1, 0.15) is 33.0 Å². The molecule has 0 unspecified atom stereocenters. The van der Waals surface area contributed by atoms with Crippen LogP contribution >= 0.6 is 11.6 Å². The summed E-state index contributed by atoms with van der Waals surface area (Å²) in [7, 11) is 0. The Balaban J connectivity index is 1.88. The SMILES string of the molecule is Cc1cc(C(=O)C[n+]2ccccc2C)c(C)n1Cc1ccccc1Cl. The second-order valence-corrected chi connectivity index (χ2v) is 6.76. The molecule has 3 nitrogen and oxygen atoms in total. The number of hydrogen-bond acceptors (Lipinski definition) is 1. The molecule has 2 heterocycles. The van der Waals surface area contributed by atoms with E-state index in [-0.39, 0.29) is 5.78 Å². The first-order valence-electron chi connectivity index (χ1n) is 8.36. The van der Waals surface area contributed by atoms with Gasteiger partial charge in [0.15, 0.2) is 11.9 Å². The highest BCUT2D eigenvalue weighted by Crippen LogP contribution is 2.21. The largest absolute Gasteiger partial charge is 0.344 e. The van der Waals surface area contributed by atoms with Crippen molar-refractivity contribution in [2.45, 2.75) is 33.9 Å². The number of benzene rings is 1. The first kappa shape index (κ1) is 17.4. The van der Waals surface area contributed by atoms with E-state index in [1.165, 1.54) is 0 Å². The summed E-state index contributed by atoms with van der Waals surface area (Å²) in [5, 5.41) is 0.748. The molecule has 0 aliphatic rings. The topological polar surface area (TPSA) is 25.9 Å². The maximum absolute atomic E-state index is 12.8. The Kier molecular flexibility index (Phi) is 5.05. The number of nitrogens with zero attached hydrogens (tertiary/aromatic N) is 2. The maximum Gasteiger partial charge on any atom is 0.229 e. The Bertz CT molecular complexity index is 927. The highest BCUT2D eigenvalue weighted by Gasteiger charge is 2.20. The molecule has 0 fully saturated rings. The van der Waals surface area contributed by atoms with Gasteiger partial charge in [0, 0.05) is 47.6 Å². The molecule has 0 radical (unpaired) electrons. The van der Waals surface area contributed by atoms with Crippen LogP contribution in [-0.4, -0.2) is 10.4 Å². The van der Waals surface area contributed by atoms with Gasteiger partial charge in [-0.05, 0) is 31.5 Å². The van der Waals surface area contributed by atoms with Gasteiger partial charge >= 0.3 is 0 Å². The number of hydrogen-bond donors (Lipinski definition) is 0. The number of carbonyl (C=O) groups excluding carboxylic acids is 1. The summed E-state index contributed by atoms with van der Waals surface area (Å²) in [6, 6.07) is 15.7. The molecular weight excluding hydrogens is 332 g/mol. The molecule has 3 rings (SSSR count). The highest BCUT2D eigenvalue weighted by atomic mass is 35.5. The number of Topliss-reactive ketones (excluding diaryl/α,β-unsaturated/α-hetero) is 1. The van der Waals surface area contributed by atoms with Gasteiger partial charge in [-0.1, -0.05) is 35.9 Å². The molecule has 0 bridgehead atoms. The van der Waals surface area contributed by atoms with Crippen molar-refractivity contribution in [3.8, 4) is 0 Å². The standard InChI is InChI=1S/C21H22ClN2O/c1-15-8-6-7-11-23(15)14-21(25)19-12-16(2)24(17(19)3)13-18-9-4-5-10-20(18)22/h4-12H,13-14H2,1-3H3/q+1. The molecule has 3 aromatic rings. The fraction of sp³-hybridized carbons (Fsp3) is 0.238. The lowest BCUT2D eigenvalue weighted by molar-refractivity contribution is -0.689. The van der Waals surface area contributed by atoms with Gasteiger partial charge in [-0.3, -0.25) is 4.79 Å². The van der Waals surface area contributed by atoms with Gasteiger partial charge in [-0.25, -0.2) is 0 Å². The van der Waals surface area contributed by atoms with E-state index < -0.39 is 0 Å². The molecule has 128 valence electrons. The zero-order valence-electron chi connectivity index (χ0n) is 14.8. The maximum atomic E-state index is 12.8. The van der Waals surface area contributed by atoms with E-state index in [0.717, 1.165) is 33.2 Å². The number of carbonyl (C=O) groups is 1. The van der Waals surface area contributed by atoms with E-state index in [1.54, 1.807) is 0 Å². The predicted octanol–water partition coefficient (Wildman–Crippen LogP) is 4.29. The average Bonchev–Trinajstić information content (AvgIpc) is 2.87. The predicted molar refractivity (Wildman–Crippen MR) is 100 cm³/mol. The number of rotatable bonds is 5. The second kappa shape index (κ2) is 7.24. The summed E-state index contributed by atoms with van der Waals surface area (Å²) in [6.45, 7) is 7.06. The van der Waals surface area contributed by atoms with E-state index in [4.69, 9.17) is 11.6 Å². The van der Waals surface area contributed by atoms with Crippen molar-refractivity contribution in [1.29, 1.82) is 0 Å². The average molecular weight is 354 g/mol. The lowest BCUT2D eigenvalue weighted by Gasteiger charge is -2.11. The van der Waals surface area contributed by atoms with Crippen molar-refractivity contribution >= 4 is 17.4 Å². The lowest BCUT2D eigenvalue weighted by atomic mass is 10.1. The van der Waals surface area contributed by atoms with Crippen molar-refractivity contribution in [1.82, 2.24) is 4.57 Å². The third kappa shape index (κ3) is 3.67. The van der Waals surface area contributed by atoms with E-state index >= 15 is 0 Å². The molecule has 0 saturated heterocycles. The summed E-state index contributed by atoms with van der Waals surface area (Å²) < 4.78 is 4.12. The van der Waals surface area contributed by atoms with Gasteiger partial charge in [0.1, 0.15) is 0 Å². The zero-order valence-corrected chi connectivity index (χ0v) is 15.5. The first-order valence-corrected chi connectivity index (χ1v) is 8.73. The van der Waals surface area contributed by atoms with Crippen LogP contribution in [0.25, 0.3) is 0 Å². The van der Waals surface area contributed by atoms with E-state index in [1.807, 2.05) is 80.1 Å². The second-order valence-electron chi connectivity index (χ2n) is 6.36. The Labute approximate surface area is 153 Å². The number of pyridine rings is 1. The Hall–Kier alpha value is -2.39. The van der Waals surface area contributed by atoms with Gasteiger partial charge < -0.3 is 4.57 Å². The van der Waals surface area contributed by atoms with Gasteiger partial charge in [0.05, 0.1) is 0 Å². The fourth-order valence-electron chi connectivity index (χ4n) is 3.10. The normalized spacial score (nSPS) is 10.9. The third-order valence-corrected chi connectivity index (χ3v) is 5.01. The first-order chi connectivity index (χ1) is 12.0. The Morgan fingerprint density at radius 1 is 1.08 bits per heavy atom. The number of halogens is 1. The molecule has 0 amide bonds. The van der Waals surface area contributed by atoms with Crippen LogP contribution in [0.5, 0.6) is 0 Å². The van der Waals surface area contributed by atoms with Gasteiger partial charge in [-0.2, -0.15) is 4.57 Å². The molecule has 0 aliphatic carbocycles. The van der Waals surface area contributed by atoms with Gasteiger partial charge in [0.25, 0.3) is 0 Å². The minimum Gasteiger partial charge on any atom is -0.344 e. The smallest absolute Gasteiger partial charge is 0.229 e. The monoisotopic (exact) mass is 353 g/mol. The third-order valence-electron chi connectivity index (χ3n) is 4.64. The van der Waals surface area contributed by atoms with Crippen LogP contribution in [0, 0.1) is 20.8 Å². The van der Waals surface area contributed by atoms with Crippen molar-refractivity contribution < 1.29 is 9.36 Å². The van der Waals surface area contributed by atoms with Crippen molar-refractivity contribution in [2.75, 3.05) is 0 Å². The molecule has 0 spiro atoms. The van der Waals surface area contributed by atoms with Crippen LogP contribution in [0.15, 0.2) is 54.7 Å². The number of aromatic nitrogens is 2. The van der Waals surface area contributed by atoms with Crippen molar-refractivity contribution in [2.24, 2.45) is 0 Å². The lowest BCUT2D eigenvalue weighted by Crippen LogP contribution is -2.40. The molecular formula is C21H22ClN2O+.